The quantitative estimate of drug-likeness (QED) is 0.125. The van der Waals surface area contributed by atoms with E-state index in [0.717, 1.165) is 12.8 Å². The van der Waals surface area contributed by atoms with E-state index in [2.05, 4.69) is 18.7 Å². The van der Waals surface area contributed by atoms with Gasteiger partial charge in [-0.1, -0.05) is 135 Å². The fourth-order valence-corrected chi connectivity index (χ4v) is 4.31. The van der Waals surface area contributed by atoms with E-state index in [0.29, 0.717) is 6.61 Å². The number of unbranched alkanes of at least 4 members (excludes halogenated alkanes) is 20. The van der Waals surface area contributed by atoms with Crippen molar-refractivity contribution in [1.29, 1.82) is 0 Å². The summed E-state index contributed by atoms with van der Waals surface area (Å²) in [6.07, 6.45) is 28.6. The molecule has 0 radical (unpaired) electrons. The Balaban J connectivity index is 3.02. The van der Waals surface area contributed by atoms with Crippen molar-refractivity contribution in [2.45, 2.75) is 142 Å². The predicted octanol–water partition coefficient (Wildman–Crippen LogP) is 8.42. The second-order valence-electron chi connectivity index (χ2n) is 8.39. The van der Waals surface area contributed by atoms with E-state index in [1.54, 1.807) is 0 Å². The lowest BCUT2D eigenvalue weighted by atomic mass is 10.0. The third-order valence-corrected chi connectivity index (χ3v) is 6.34. The van der Waals surface area contributed by atoms with Gasteiger partial charge in [0, 0.05) is 0 Å². The molecule has 0 saturated heterocycles. The monoisotopic (exact) mass is 436 g/mol. The minimum Gasteiger partial charge on any atom is -0.325 e. The van der Waals surface area contributed by atoms with Gasteiger partial charge in [0.15, 0.2) is 0 Å². The Morgan fingerprint density at radius 2 is 0.750 bits per heavy atom. The van der Waals surface area contributed by atoms with Crippen molar-refractivity contribution in [3.05, 3.63) is 0 Å². The zero-order chi connectivity index (χ0) is 20.8. The molecular weight excluding hydrogens is 387 g/mol. The van der Waals surface area contributed by atoms with Crippen molar-refractivity contribution >= 4 is 18.5 Å². The van der Waals surface area contributed by atoms with Crippen LogP contribution in [0.15, 0.2) is 0 Å². The highest BCUT2D eigenvalue weighted by molar-refractivity contribution is 8.06. The van der Waals surface area contributed by atoms with Gasteiger partial charge in [-0.2, -0.15) is 0 Å². The second kappa shape index (κ2) is 22.2. The van der Waals surface area contributed by atoms with E-state index in [-0.39, 0.29) is 0 Å². The fourth-order valence-electron chi connectivity index (χ4n) is 3.72. The second-order valence-corrected chi connectivity index (χ2v) is 11.1. The van der Waals surface area contributed by atoms with Gasteiger partial charge >= 0.3 is 6.72 Å². The summed E-state index contributed by atoms with van der Waals surface area (Å²) in [4.78, 5) is 17.9. The summed E-state index contributed by atoms with van der Waals surface area (Å²) in [5, 5.41) is 0. The van der Waals surface area contributed by atoms with Crippen molar-refractivity contribution in [3.63, 3.8) is 0 Å². The molecule has 28 heavy (non-hydrogen) atoms. The van der Waals surface area contributed by atoms with Crippen LogP contribution in [0.2, 0.25) is 0 Å². The average molecular weight is 437 g/mol. The molecule has 0 bridgehead atoms. The first-order valence-corrected chi connectivity index (χ1v) is 14.9. The molecule has 0 unspecified atom stereocenters. The lowest BCUT2D eigenvalue weighted by Crippen LogP contribution is -1.92. The standard InChI is InChI=1S/C23H49O3PS/c1-2-3-4-5-6-7-8-9-10-11-12-13-14-15-16-17-18-19-20-21-22-23-26-27(24,25)28/h2-23H2,1H3,(H2,24,25,28). The molecule has 0 aromatic heterocycles. The molecular formula is C23H49O3PS. The summed E-state index contributed by atoms with van der Waals surface area (Å²) in [7, 11) is 0. The maximum Gasteiger partial charge on any atom is 0.321 e. The van der Waals surface area contributed by atoms with Crippen LogP contribution in [0.5, 0.6) is 0 Å². The van der Waals surface area contributed by atoms with Gasteiger partial charge in [0.05, 0.1) is 6.61 Å². The minimum atomic E-state index is -3.43. The van der Waals surface area contributed by atoms with Crippen LogP contribution in [-0.4, -0.2) is 16.4 Å². The van der Waals surface area contributed by atoms with Crippen LogP contribution in [0.25, 0.3) is 0 Å². The maximum absolute atomic E-state index is 8.94. The molecule has 0 aliphatic carbocycles. The smallest absolute Gasteiger partial charge is 0.321 e. The first-order chi connectivity index (χ1) is 13.6. The van der Waals surface area contributed by atoms with E-state index < -0.39 is 6.72 Å². The van der Waals surface area contributed by atoms with E-state index in [9.17, 15) is 0 Å². The molecule has 0 aliphatic rings. The van der Waals surface area contributed by atoms with E-state index >= 15 is 0 Å². The van der Waals surface area contributed by atoms with E-state index in [1.807, 2.05) is 0 Å². The van der Waals surface area contributed by atoms with Gasteiger partial charge < -0.3 is 14.3 Å². The first kappa shape index (κ1) is 28.5. The molecule has 0 spiro atoms. The molecule has 3 nitrogen and oxygen atoms in total. The van der Waals surface area contributed by atoms with Crippen LogP contribution in [0.1, 0.15) is 142 Å². The molecule has 170 valence electrons. The zero-order valence-corrected chi connectivity index (χ0v) is 20.4. The van der Waals surface area contributed by atoms with Crippen molar-refractivity contribution < 1.29 is 14.3 Å². The van der Waals surface area contributed by atoms with Gasteiger partial charge in [-0.05, 0) is 18.2 Å². The Bertz CT molecular complexity index is 347. The van der Waals surface area contributed by atoms with Crippen molar-refractivity contribution in [2.75, 3.05) is 6.61 Å². The van der Waals surface area contributed by atoms with Gasteiger partial charge in [-0.25, -0.2) is 0 Å². The Labute approximate surface area is 181 Å². The molecule has 0 aliphatic heterocycles. The number of hydrogen-bond acceptors (Lipinski definition) is 2. The molecule has 0 heterocycles. The van der Waals surface area contributed by atoms with Crippen LogP contribution in [0.4, 0.5) is 0 Å². The third kappa shape index (κ3) is 26.5. The predicted molar refractivity (Wildman–Crippen MR) is 127 cm³/mol. The topological polar surface area (TPSA) is 49.7 Å². The number of rotatable bonds is 23. The van der Waals surface area contributed by atoms with Gasteiger partial charge in [0.2, 0.25) is 0 Å². The molecule has 0 atom stereocenters. The van der Waals surface area contributed by atoms with Crippen LogP contribution >= 0.6 is 6.72 Å². The lowest BCUT2D eigenvalue weighted by Gasteiger charge is -2.07. The lowest BCUT2D eigenvalue weighted by molar-refractivity contribution is 0.245. The summed E-state index contributed by atoms with van der Waals surface area (Å²) >= 11 is 4.41. The highest BCUT2D eigenvalue weighted by Crippen LogP contribution is 2.36. The third-order valence-electron chi connectivity index (χ3n) is 5.51. The summed E-state index contributed by atoms with van der Waals surface area (Å²) in [6.45, 7) is -0.764. The van der Waals surface area contributed by atoms with Gasteiger partial charge in [-0.3, -0.25) is 0 Å². The number of hydrogen-bond donors (Lipinski definition) is 2. The first-order valence-electron chi connectivity index (χ1n) is 12.3. The van der Waals surface area contributed by atoms with Crippen LogP contribution in [0.3, 0.4) is 0 Å². The molecule has 0 saturated carbocycles. The summed E-state index contributed by atoms with van der Waals surface area (Å²) in [6, 6.07) is 0. The van der Waals surface area contributed by atoms with Crippen molar-refractivity contribution in [2.24, 2.45) is 0 Å². The van der Waals surface area contributed by atoms with Crippen molar-refractivity contribution in [1.82, 2.24) is 0 Å². The average Bonchev–Trinajstić information content (AvgIpc) is 2.65. The van der Waals surface area contributed by atoms with Crippen molar-refractivity contribution in [3.8, 4) is 0 Å². The van der Waals surface area contributed by atoms with Crippen LogP contribution in [-0.2, 0) is 16.3 Å². The Kier molecular flexibility index (Phi) is 22.6. The molecule has 0 aromatic rings. The molecule has 5 heteroatoms. The SMILES string of the molecule is CCCCCCCCCCCCCCCCCCCCCCCOP(O)(O)=S. The normalized spacial score (nSPS) is 12.0. The highest BCUT2D eigenvalue weighted by Gasteiger charge is 2.06. The minimum absolute atomic E-state index is 0.378. The molecule has 0 amide bonds. The summed E-state index contributed by atoms with van der Waals surface area (Å²) < 4.78 is 4.81. The maximum atomic E-state index is 8.94. The summed E-state index contributed by atoms with van der Waals surface area (Å²) in [5.74, 6) is 0. The molecule has 0 fully saturated rings. The van der Waals surface area contributed by atoms with Crippen LogP contribution < -0.4 is 0 Å². The fraction of sp³-hybridized carbons (Fsp3) is 1.00. The van der Waals surface area contributed by atoms with Gasteiger partial charge in [0.1, 0.15) is 0 Å². The van der Waals surface area contributed by atoms with Crippen LogP contribution in [0, 0.1) is 0 Å². The Morgan fingerprint density at radius 1 is 0.500 bits per heavy atom. The van der Waals surface area contributed by atoms with E-state index in [1.165, 1.54) is 122 Å². The van der Waals surface area contributed by atoms with Gasteiger partial charge in [-0.15, -0.1) is 0 Å². The zero-order valence-electron chi connectivity index (χ0n) is 18.7. The van der Waals surface area contributed by atoms with E-state index in [4.69, 9.17) is 14.3 Å². The molecule has 0 rings (SSSR count). The Morgan fingerprint density at radius 3 is 1.00 bits per heavy atom. The highest BCUT2D eigenvalue weighted by atomic mass is 32.5. The van der Waals surface area contributed by atoms with Gasteiger partial charge in [0.25, 0.3) is 0 Å². The largest absolute Gasteiger partial charge is 0.325 e. The molecule has 2 N–H and O–H groups in total. The Hall–Kier alpha value is 0.530. The summed E-state index contributed by atoms with van der Waals surface area (Å²) in [5.41, 5.74) is 0. The molecule has 0 aromatic carbocycles.